The van der Waals surface area contributed by atoms with Gasteiger partial charge in [0, 0.05) is 0 Å². The maximum atomic E-state index is 13.7. The van der Waals surface area contributed by atoms with E-state index in [1.165, 1.54) is 44.6 Å². The molecule has 2 aromatic rings. The number of esters is 1. The molecule has 0 bridgehead atoms. The number of carbonyl (C=O) groups is 1. The number of sulfonamides is 1. The molecule has 0 radical (unpaired) electrons. The smallest absolute Gasteiger partial charge is 0.337 e. The van der Waals surface area contributed by atoms with Crippen LogP contribution in [0.4, 0.5) is 10.1 Å². The lowest BCUT2D eigenvalue weighted by atomic mass is 10.2. The summed E-state index contributed by atoms with van der Waals surface area (Å²) in [6.07, 6.45) is 0. The molecule has 9 heteroatoms. The normalized spacial score (nSPS) is 11.0. The van der Waals surface area contributed by atoms with Gasteiger partial charge in [0.05, 0.1) is 35.4 Å². The second-order valence-corrected chi connectivity index (χ2v) is 6.68. The molecule has 0 saturated carbocycles. The number of anilines is 1. The van der Waals surface area contributed by atoms with E-state index < -0.39 is 21.8 Å². The highest BCUT2D eigenvalue weighted by Crippen LogP contribution is 2.27. The Labute approximate surface area is 143 Å². The first-order valence-corrected chi connectivity index (χ1v) is 8.39. The summed E-state index contributed by atoms with van der Waals surface area (Å²) in [4.78, 5) is 11.2. The van der Waals surface area contributed by atoms with Crippen molar-refractivity contribution < 1.29 is 27.1 Å². The molecule has 0 aliphatic rings. The Kier molecular flexibility index (Phi) is 5.30. The molecule has 0 atom stereocenters. The molecule has 6 nitrogen and oxygen atoms in total. The summed E-state index contributed by atoms with van der Waals surface area (Å²) in [6, 6.07) is 7.16. The average molecular weight is 374 g/mol. The van der Waals surface area contributed by atoms with Crippen LogP contribution in [0.15, 0.2) is 41.3 Å². The topological polar surface area (TPSA) is 81.7 Å². The van der Waals surface area contributed by atoms with Crippen molar-refractivity contribution in [2.24, 2.45) is 0 Å². The van der Waals surface area contributed by atoms with Crippen molar-refractivity contribution in [1.29, 1.82) is 0 Å². The summed E-state index contributed by atoms with van der Waals surface area (Å²) in [5.41, 5.74) is 0.0799. The molecule has 2 rings (SSSR count). The summed E-state index contributed by atoms with van der Waals surface area (Å²) in [5, 5.41) is 0.0696. The third-order valence-electron chi connectivity index (χ3n) is 3.07. The SMILES string of the molecule is COC(=O)c1ccc(Cl)c(NS(=O)(=O)c2ccc(OC)c(F)c2)c1. The molecule has 0 aliphatic heterocycles. The maximum Gasteiger partial charge on any atom is 0.337 e. The van der Waals surface area contributed by atoms with Crippen LogP contribution in [0.5, 0.6) is 5.75 Å². The van der Waals surface area contributed by atoms with Crippen molar-refractivity contribution in [1.82, 2.24) is 0 Å². The van der Waals surface area contributed by atoms with Gasteiger partial charge in [-0.05, 0) is 36.4 Å². The minimum atomic E-state index is -4.11. The summed E-state index contributed by atoms with van der Waals surface area (Å²) >= 11 is 5.94. The van der Waals surface area contributed by atoms with Crippen LogP contribution in [0, 0.1) is 5.82 Å². The molecule has 24 heavy (non-hydrogen) atoms. The zero-order valence-electron chi connectivity index (χ0n) is 12.7. The van der Waals surface area contributed by atoms with Crippen molar-refractivity contribution in [3.63, 3.8) is 0 Å². The Bertz CT molecular complexity index is 885. The lowest BCUT2D eigenvalue weighted by Crippen LogP contribution is -2.14. The average Bonchev–Trinajstić information content (AvgIpc) is 2.55. The number of hydrogen-bond donors (Lipinski definition) is 1. The largest absolute Gasteiger partial charge is 0.494 e. The minimum absolute atomic E-state index is 0.0317. The van der Waals surface area contributed by atoms with Gasteiger partial charge in [0.15, 0.2) is 11.6 Å². The third kappa shape index (κ3) is 3.77. The van der Waals surface area contributed by atoms with E-state index >= 15 is 0 Å². The van der Waals surface area contributed by atoms with Crippen molar-refractivity contribution >= 4 is 33.3 Å². The lowest BCUT2D eigenvalue weighted by Gasteiger charge is -2.11. The van der Waals surface area contributed by atoms with Crippen molar-refractivity contribution in [3.05, 3.63) is 52.8 Å². The third-order valence-corrected chi connectivity index (χ3v) is 4.76. The Hall–Kier alpha value is -2.32. The molecule has 0 saturated heterocycles. The summed E-state index contributed by atoms with van der Waals surface area (Å²) < 4.78 is 50.0. The highest BCUT2D eigenvalue weighted by molar-refractivity contribution is 7.92. The van der Waals surface area contributed by atoms with Crippen LogP contribution in [-0.2, 0) is 14.8 Å². The van der Waals surface area contributed by atoms with Gasteiger partial charge in [-0.15, -0.1) is 0 Å². The van der Waals surface area contributed by atoms with Gasteiger partial charge in [0.2, 0.25) is 0 Å². The number of benzene rings is 2. The molecule has 0 fully saturated rings. The van der Waals surface area contributed by atoms with E-state index in [0.29, 0.717) is 0 Å². The van der Waals surface area contributed by atoms with Gasteiger partial charge < -0.3 is 9.47 Å². The van der Waals surface area contributed by atoms with Gasteiger partial charge in [0.25, 0.3) is 10.0 Å². The van der Waals surface area contributed by atoms with Crippen LogP contribution in [0.2, 0.25) is 5.02 Å². The summed E-state index contributed by atoms with van der Waals surface area (Å²) in [5.74, 6) is -1.56. The molecule has 0 spiro atoms. The molecular formula is C15H13ClFNO5S. The van der Waals surface area contributed by atoms with Crippen LogP contribution >= 0.6 is 11.6 Å². The quantitative estimate of drug-likeness (QED) is 0.814. The summed E-state index contributed by atoms with van der Waals surface area (Å²) in [6.45, 7) is 0. The first-order chi connectivity index (χ1) is 11.3. The van der Waals surface area contributed by atoms with Crippen LogP contribution in [0.3, 0.4) is 0 Å². The maximum absolute atomic E-state index is 13.7. The molecule has 0 aromatic heterocycles. The van der Waals surface area contributed by atoms with Gasteiger partial charge in [0.1, 0.15) is 0 Å². The van der Waals surface area contributed by atoms with Crippen LogP contribution in [0.1, 0.15) is 10.4 Å². The van der Waals surface area contributed by atoms with E-state index in [2.05, 4.69) is 9.46 Å². The highest BCUT2D eigenvalue weighted by Gasteiger charge is 2.19. The Balaban J connectivity index is 2.39. The fourth-order valence-electron chi connectivity index (χ4n) is 1.87. The van der Waals surface area contributed by atoms with Crippen molar-refractivity contribution in [3.8, 4) is 5.75 Å². The fourth-order valence-corrected chi connectivity index (χ4v) is 3.17. The van der Waals surface area contributed by atoms with E-state index in [-0.39, 0.29) is 26.9 Å². The summed E-state index contributed by atoms with van der Waals surface area (Å²) in [7, 11) is -1.65. The Morgan fingerprint density at radius 3 is 2.46 bits per heavy atom. The number of hydrogen-bond acceptors (Lipinski definition) is 5. The Morgan fingerprint density at radius 2 is 1.88 bits per heavy atom. The minimum Gasteiger partial charge on any atom is -0.494 e. The van der Waals surface area contributed by atoms with E-state index in [0.717, 1.165) is 6.07 Å². The second-order valence-electron chi connectivity index (χ2n) is 4.59. The first-order valence-electron chi connectivity index (χ1n) is 6.52. The standard InChI is InChI=1S/C15H13ClFNO5S/c1-22-14-6-4-10(8-12(14)17)24(20,21)18-13-7-9(15(19)23-2)3-5-11(13)16/h3-8,18H,1-2H3. The molecule has 0 amide bonds. The number of methoxy groups -OCH3 is 2. The van der Waals surface area contributed by atoms with Gasteiger partial charge in [-0.25, -0.2) is 17.6 Å². The molecule has 0 heterocycles. The van der Waals surface area contributed by atoms with Crippen LogP contribution < -0.4 is 9.46 Å². The lowest BCUT2D eigenvalue weighted by molar-refractivity contribution is 0.0601. The van der Waals surface area contributed by atoms with E-state index in [1.54, 1.807) is 0 Å². The molecule has 0 aliphatic carbocycles. The van der Waals surface area contributed by atoms with E-state index in [9.17, 15) is 17.6 Å². The van der Waals surface area contributed by atoms with Gasteiger partial charge >= 0.3 is 5.97 Å². The monoisotopic (exact) mass is 373 g/mol. The number of carbonyl (C=O) groups excluding carboxylic acids is 1. The van der Waals surface area contributed by atoms with Crippen LogP contribution in [0.25, 0.3) is 0 Å². The molecule has 2 aromatic carbocycles. The van der Waals surface area contributed by atoms with Gasteiger partial charge in [-0.3, -0.25) is 4.72 Å². The zero-order chi connectivity index (χ0) is 17.9. The van der Waals surface area contributed by atoms with Crippen molar-refractivity contribution in [2.45, 2.75) is 4.90 Å². The Morgan fingerprint density at radius 1 is 1.17 bits per heavy atom. The van der Waals surface area contributed by atoms with Gasteiger partial charge in [-0.1, -0.05) is 11.6 Å². The predicted molar refractivity (Wildman–Crippen MR) is 86.6 cm³/mol. The first kappa shape index (κ1) is 18.0. The number of halogens is 2. The number of nitrogens with one attached hydrogen (secondary N) is 1. The van der Waals surface area contributed by atoms with Gasteiger partial charge in [-0.2, -0.15) is 0 Å². The van der Waals surface area contributed by atoms with Crippen LogP contribution in [-0.4, -0.2) is 28.6 Å². The highest BCUT2D eigenvalue weighted by atomic mass is 35.5. The second kappa shape index (κ2) is 7.06. The molecule has 0 unspecified atom stereocenters. The van der Waals surface area contributed by atoms with E-state index in [4.69, 9.17) is 16.3 Å². The molecular weight excluding hydrogens is 361 g/mol. The predicted octanol–water partition coefficient (Wildman–Crippen LogP) is 3.08. The van der Waals surface area contributed by atoms with E-state index in [1.807, 2.05) is 0 Å². The molecule has 128 valence electrons. The zero-order valence-corrected chi connectivity index (χ0v) is 14.2. The number of rotatable bonds is 5. The van der Waals surface area contributed by atoms with Crippen molar-refractivity contribution in [2.75, 3.05) is 18.9 Å². The fraction of sp³-hybridized carbons (Fsp3) is 0.133. The molecule has 1 N–H and O–H groups in total. The number of ether oxygens (including phenoxy) is 2.